The van der Waals surface area contributed by atoms with Crippen molar-refractivity contribution in [2.24, 2.45) is 0 Å². The fraction of sp³-hybridized carbons (Fsp3) is 0.105. The molecule has 4 aromatic rings. The minimum absolute atomic E-state index is 0.0581. The molecule has 0 saturated heterocycles. The molecule has 25 heavy (non-hydrogen) atoms. The Morgan fingerprint density at radius 3 is 2.68 bits per heavy atom. The number of carbonyl (C=O) groups excluding carboxylic acids is 1. The number of amides is 1. The standard InChI is InChI=1S/C19H15N3O2S/c1-22(2)19(23)13-8-9-16-14(10-13)17(21-24-16)15-11-25-18(20-15)12-6-4-3-5-7-12/h3-11H,1-2H3. The average Bonchev–Trinajstić information content (AvgIpc) is 3.28. The van der Waals surface area contributed by atoms with Gasteiger partial charge < -0.3 is 9.42 Å². The van der Waals surface area contributed by atoms with E-state index in [1.807, 2.05) is 41.8 Å². The number of nitrogens with zero attached hydrogens (tertiary/aromatic N) is 3. The smallest absolute Gasteiger partial charge is 0.253 e. The normalized spacial score (nSPS) is 11.0. The SMILES string of the molecule is CN(C)C(=O)c1ccc2onc(-c3csc(-c4ccccc4)n3)c2c1. The van der Waals surface area contributed by atoms with E-state index in [-0.39, 0.29) is 5.91 Å². The first-order chi connectivity index (χ1) is 12.1. The number of thiazole rings is 1. The second-order valence-electron chi connectivity index (χ2n) is 5.85. The summed E-state index contributed by atoms with van der Waals surface area (Å²) in [6, 6.07) is 15.3. The van der Waals surface area contributed by atoms with Crippen LogP contribution in [0.15, 0.2) is 58.4 Å². The molecule has 0 aliphatic heterocycles. The third-order valence-electron chi connectivity index (χ3n) is 3.89. The molecule has 0 fully saturated rings. The van der Waals surface area contributed by atoms with E-state index in [1.54, 1.807) is 42.5 Å². The maximum Gasteiger partial charge on any atom is 0.253 e. The van der Waals surface area contributed by atoms with E-state index >= 15 is 0 Å². The van der Waals surface area contributed by atoms with Crippen LogP contribution in [0, 0.1) is 0 Å². The van der Waals surface area contributed by atoms with Gasteiger partial charge in [-0.05, 0) is 18.2 Å². The molecule has 0 atom stereocenters. The summed E-state index contributed by atoms with van der Waals surface area (Å²) in [7, 11) is 3.46. The Labute approximate surface area is 148 Å². The maximum atomic E-state index is 12.2. The summed E-state index contributed by atoms with van der Waals surface area (Å²) >= 11 is 1.56. The van der Waals surface area contributed by atoms with Crippen LogP contribution in [0.4, 0.5) is 0 Å². The molecular formula is C19H15N3O2S. The van der Waals surface area contributed by atoms with Crippen LogP contribution in [0.1, 0.15) is 10.4 Å². The van der Waals surface area contributed by atoms with Gasteiger partial charge in [0.25, 0.3) is 5.91 Å². The zero-order valence-electron chi connectivity index (χ0n) is 13.8. The highest BCUT2D eigenvalue weighted by Gasteiger charge is 2.17. The van der Waals surface area contributed by atoms with Gasteiger partial charge in [-0.25, -0.2) is 4.98 Å². The molecule has 0 spiro atoms. The molecule has 0 aliphatic rings. The first-order valence-corrected chi connectivity index (χ1v) is 8.64. The second-order valence-corrected chi connectivity index (χ2v) is 6.70. The highest BCUT2D eigenvalue weighted by molar-refractivity contribution is 7.13. The summed E-state index contributed by atoms with van der Waals surface area (Å²) < 4.78 is 5.40. The summed E-state index contributed by atoms with van der Waals surface area (Å²) in [6.07, 6.45) is 0. The molecule has 0 N–H and O–H groups in total. The molecule has 6 heteroatoms. The van der Waals surface area contributed by atoms with Crippen LogP contribution in [0.2, 0.25) is 0 Å². The number of hydrogen-bond acceptors (Lipinski definition) is 5. The molecular weight excluding hydrogens is 334 g/mol. The van der Waals surface area contributed by atoms with Gasteiger partial charge in [-0.15, -0.1) is 11.3 Å². The number of fused-ring (bicyclic) bond motifs is 1. The molecule has 1 amide bonds. The lowest BCUT2D eigenvalue weighted by Gasteiger charge is -2.09. The predicted octanol–water partition coefficient (Wildman–Crippen LogP) is 4.32. The highest BCUT2D eigenvalue weighted by atomic mass is 32.1. The minimum Gasteiger partial charge on any atom is -0.356 e. The van der Waals surface area contributed by atoms with Crippen molar-refractivity contribution < 1.29 is 9.32 Å². The largest absolute Gasteiger partial charge is 0.356 e. The fourth-order valence-corrected chi connectivity index (χ4v) is 3.42. The number of carbonyl (C=O) groups is 1. The molecule has 124 valence electrons. The molecule has 2 heterocycles. The quantitative estimate of drug-likeness (QED) is 0.553. The number of aromatic nitrogens is 2. The van der Waals surface area contributed by atoms with Crippen molar-refractivity contribution in [2.75, 3.05) is 14.1 Å². The van der Waals surface area contributed by atoms with E-state index in [0.717, 1.165) is 21.7 Å². The van der Waals surface area contributed by atoms with Gasteiger partial charge in [0.15, 0.2) is 5.58 Å². The van der Waals surface area contributed by atoms with Gasteiger partial charge >= 0.3 is 0 Å². The van der Waals surface area contributed by atoms with E-state index in [2.05, 4.69) is 10.1 Å². The molecule has 5 nitrogen and oxygen atoms in total. The Morgan fingerprint density at radius 2 is 1.92 bits per heavy atom. The topological polar surface area (TPSA) is 59.2 Å². The fourth-order valence-electron chi connectivity index (χ4n) is 2.61. The molecule has 0 aliphatic carbocycles. The van der Waals surface area contributed by atoms with Gasteiger partial charge in [-0.1, -0.05) is 35.5 Å². The Bertz CT molecular complexity index is 1050. The van der Waals surface area contributed by atoms with Crippen LogP contribution < -0.4 is 0 Å². The zero-order valence-corrected chi connectivity index (χ0v) is 14.6. The van der Waals surface area contributed by atoms with Crippen molar-refractivity contribution in [3.8, 4) is 22.0 Å². The van der Waals surface area contributed by atoms with Gasteiger partial charge in [0.2, 0.25) is 0 Å². The second kappa shape index (κ2) is 6.14. The highest BCUT2D eigenvalue weighted by Crippen LogP contribution is 2.32. The number of hydrogen-bond donors (Lipinski definition) is 0. The molecule has 4 rings (SSSR count). The Hall–Kier alpha value is -2.99. The number of rotatable bonds is 3. The summed E-state index contributed by atoms with van der Waals surface area (Å²) in [5, 5.41) is 7.83. The van der Waals surface area contributed by atoms with Gasteiger partial charge in [-0.3, -0.25) is 4.79 Å². The first kappa shape index (κ1) is 15.5. The lowest BCUT2D eigenvalue weighted by atomic mass is 10.1. The summed E-state index contributed by atoms with van der Waals surface area (Å²) in [5.41, 5.74) is 3.70. The Morgan fingerprint density at radius 1 is 1.12 bits per heavy atom. The number of benzene rings is 2. The lowest BCUT2D eigenvalue weighted by molar-refractivity contribution is 0.0828. The van der Waals surface area contributed by atoms with Gasteiger partial charge in [0.1, 0.15) is 16.4 Å². The molecule has 2 aromatic heterocycles. The van der Waals surface area contributed by atoms with Crippen molar-refractivity contribution in [1.29, 1.82) is 0 Å². The van der Waals surface area contributed by atoms with E-state index in [9.17, 15) is 4.79 Å². The van der Waals surface area contributed by atoms with Crippen LogP contribution in [-0.4, -0.2) is 35.0 Å². The average molecular weight is 349 g/mol. The van der Waals surface area contributed by atoms with Crippen LogP contribution >= 0.6 is 11.3 Å². The van der Waals surface area contributed by atoms with Crippen LogP contribution in [0.25, 0.3) is 32.9 Å². The maximum absolute atomic E-state index is 12.2. The minimum atomic E-state index is -0.0581. The summed E-state index contributed by atoms with van der Waals surface area (Å²) in [4.78, 5) is 18.4. The van der Waals surface area contributed by atoms with Crippen molar-refractivity contribution in [3.63, 3.8) is 0 Å². The van der Waals surface area contributed by atoms with Gasteiger partial charge in [-0.2, -0.15) is 0 Å². The first-order valence-electron chi connectivity index (χ1n) is 7.76. The zero-order chi connectivity index (χ0) is 17.4. The Balaban J connectivity index is 1.78. The van der Waals surface area contributed by atoms with Gasteiger partial charge in [0.05, 0.1) is 5.39 Å². The van der Waals surface area contributed by atoms with Gasteiger partial charge in [0, 0.05) is 30.6 Å². The van der Waals surface area contributed by atoms with E-state index in [0.29, 0.717) is 16.8 Å². The lowest BCUT2D eigenvalue weighted by Crippen LogP contribution is -2.21. The van der Waals surface area contributed by atoms with E-state index < -0.39 is 0 Å². The molecule has 0 bridgehead atoms. The Kier molecular flexibility index (Phi) is 3.82. The van der Waals surface area contributed by atoms with E-state index in [1.165, 1.54) is 0 Å². The monoisotopic (exact) mass is 349 g/mol. The molecule has 0 unspecified atom stereocenters. The summed E-state index contributed by atoms with van der Waals surface area (Å²) in [6.45, 7) is 0. The van der Waals surface area contributed by atoms with Crippen molar-refractivity contribution in [1.82, 2.24) is 15.0 Å². The summed E-state index contributed by atoms with van der Waals surface area (Å²) in [5.74, 6) is -0.0581. The molecule has 0 radical (unpaired) electrons. The van der Waals surface area contributed by atoms with Crippen molar-refractivity contribution in [3.05, 3.63) is 59.5 Å². The van der Waals surface area contributed by atoms with Crippen LogP contribution in [0.5, 0.6) is 0 Å². The van der Waals surface area contributed by atoms with Crippen LogP contribution in [-0.2, 0) is 0 Å². The predicted molar refractivity (Wildman–Crippen MR) is 98.6 cm³/mol. The molecule has 2 aromatic carbocycles. The van der Waals surface area contributed by atoms with Crippen molar-refractivity contribution in [2.45, 2.75) is 0 Å². The van der Waals surface area contributed by atoms with Crippen molar-refractivity contribution >= 4 is 28.2 Å². The molecule has 0 saturated carbocycles. The van der Waals surface area contributed by atoms with Crippen LogP contribution in [0.3, 0.4) is 0 Å². The van der Waals surface area contributed by atoms with E-state index in [4.69, 9.17) is 4.52 Å². The third kappa shape index (κ3) is 2.81. The third-order valence-corrected chi connectivity index (χ3v) is 4.78.